The molecule has 2 aliphatic rings. The lowest BCUT2D eigenvalue weighted by atomic mass is 9.88. The van der Waals surface area contributed by atoms with E-state index >= 15 is 0 Å². The molecule has 0 unspecified atom stereocenters. The second-order valence-corrected chi connectivity index (χ2v) is 4.76. The van der Waals surface area contributed by atoms with Gasteiger partial charge in [0.1, 0.15) is 0 Å². The zero-order valence-electron chi connectivity index (χ0n) is 7.41. The van der Waals surface area contributed by atoms with Crippen molar-refractivity contribution in [2.45, 2.75) is 6.92 Å². The molecule has 2 aliphatic heterocycles. The summed E-state index contributed by atoms with van der Waals surface area (Å²) in [5.41, 5.74) is -0.00375. The minimum Gasteiger partial charge on any atom is -0.380 e. The largest absolute Gasteiger partial charge is 0.380 e. The normalized spacial score (nSPS) is 26.4. The number of carbonyl (C=O) groups is 2. The van der Waals surface area contributed by atoms with E-state index in [1.165, 1.54) is 4.90 Å². The summed E-state index contributed by atoms with van der Waals surface area (Å²) in [7, 11) is 0. The van der Waals surface area contributed by atoms with Crippen LogP contribution in [0.15, 0.2) is 0 Å². The smallest absolute Gasteiger partial charge is 0.288 e. The highest BCUT2D eigenvalue weighted by Gasteiger charge is 2.40. The Bertz CT molecular complexity index is 246. The van der Waals surface area contributed by atoms with Crippen LogP contribution in [0, 0.1) is 5.41 Å². The third-order valence-electron chi connectivity index (χ3n) is 2.28. The number of amides is 2. The molecule has 0 spiro atoms. The third-order valence-corrected chi connectivity index (χ3v) is 3.14. The van der Waals surface area contributed by atoms with Crippen LogP contribution in [0.3, 0.4) is 0 Å². The molecule has 0 aromatic heterocycles. The molecule has 0 aliphatic carbocycles. The molecule has 0 N–H and O–H groups in total. The fourth-order valence-electron chi connectivity index (χ4n) is 1.46. The molecule has 5 heteroatoms. The topological polar surface area (TPSA) is 46.6 Å². The number of hydrogen-bond donors (Lipinski definition) is 0. The van der Waals surface area contributed by atoms with Gasteiger partial charge in [0.25, 0.3) is 5.24 Å². The van der Waals surface area contributed by atoms with E-state index in [0.29, 0.717) is 25.5 Å². The Morgan fingerprint density at radius 3 is 2.62 bits per heavy atom. The maximum atomic E-state index is 11.2. The predicted molar refractivity (Wildman–Crippen MR) is 48.5 cm³/mol. The van der Waals surface area contributed by atoms with Crippen molar-refractivity contribution in [3.05, 3.63) is 0 Å². The Labute approximate surface area is 80.6 Å². The highest BCUT2D eigenvalue weighted by Crippen LogP contribution is 2.30. The van der Waals surface area contributed by atoms with E-state index in [2.05, 4.69) is 0 Å². The van der Waals surface area contributed by atoms with Gasteiger partial charge >= 0.3 is 0 Å². The Balaban J connectivity index is 2.00. The van der Waals surface area contributed by atoms with Gasteiger partial charge in [-0.1, -0.05) is 18.7 Å². The lowest BCUT2D eigenvalue weighted by molar-refractivity contribution is -0.135. The number of ether oxygens (including phenoxy) is 1. The summed E-state index contributed by atoms with van der Waals surface area (Å²) in [6.45, 7) is 3.83. The maximum Gasteiger partial charge on any atom is 0.288 e. The van der Waals surface area contributed by atoms with E-state index in [4.69, 9.17) is 4.74 Å². The highest BCUT2D eigenvalue weighted by atomic mass is 32.2. The zero-order chi connectivity index (χ0) is 9.47. The standard InChI is InChI=1S/C8H11NO3S/c1-8(4-12-5-8)3-9-6(10)2-13-7(9)11/h2-5H2,1H3. The van der Waals surface area contributed by atoms with Gasteiger partial charge in [-0.15, -0.1) is 0 Å². The van der Waals surface area contributed by atoms with Crippen molar-refractivity contribution in [1.29, 1.82) is 0 Å². The molecule has 0 saturated carbocycles. The van der Waals surface area contributed by atoms with Crippen molar-refractivity contribution in [3.8, 4) is 0 Å². The van der Waals surface area contributed by atoms with Crippen molar-refractivity contribution < 1.29 is 14.3 Å². The van der Waals surface area contributed by atoms with Crippen LogP contribution in [-0.2, 0) is 9.53 Å². The van der Waals surface area contributed by atoms with Crippen molar-refractivity contribution >= 4 is 22.9 Å². The van der Waals surface area contributed by atoms with E-state index < -0.39 is 0 Å². The van der Waals surface area contributed by atoms with Gasteiger partial charge in [0.05, 0.1) is 19.0 Å². The Morgan fingerprint density at radius 2 is 2.23 bits per heavy atom. The molecular formula is C8H11NO3S. The van der Waals surface area contributed by atoms with Crippen LogP contribution < -0.4 is 0 Å². The van der Waals surface area contributed by atoms with Gasteiger partial charge in [-0.05, 0) is 0 Å². The molecule has 0 radical (unpaired) electrons. The van der Waals surface area contributed by atoms with Crippen molar-refractivity contribution in [2.75, 3.05) is 25.5 Å². The van der Waals surface area contributed by atoms with E-state index in [0.717, 1.165) is 11.8 Å². The first-order valence-electron chi connectivity index (χ1n) is 4.16. The Hall–Kier alpha value is -0.550. The van der Waals surface area contributed by atoms with Gasteiger partial charge in [-0.3, -0.25) is 14.5 Å². The molecule has 0 atom stereocenters. The molecule has 2 fully saturated rings. The van der Waals surface area contributed by atoms with Crippen molar-refractivity contribution in [3.63, 3.8) is 0 Å². The summed E-state index contributed by atoms with van der Waals surface area (Å²) < 4.78 is 5.06. The first kappa shape index (κ1) is 9.02. The first-order chi connectivity index (χ1) is 6.11. The number of carbonyl (C=O) groups excluding carboxylic acids is 2. The number of hydrogen-bond acceptors (Lipinski definition) is 4. The quantitative estimate of drug-likeness (QED) is 0.660. The second-order valence-electron chi connectivity index (χ2n) is 3.84. The SMILES string of the molecule is CC1(CN2C(=O)CSC2=O)COC1. The lowest BCUT2D eigenvalue weighted by Crippen LogP contribution is -2.49. The highest BCUT2D eigenvalue weighted by molar-refractivity contribution is 8.14. The van der Waals surface area contributed by atoms with Gasteiger partial charge in [0.2, 0.25) is 5.91 Å². The summed E-state index contributed by atoms with van der Waals surface area (Å²) in [4.78, 5) is 23.8. The minimum atomic E-state index is -0.113. The summed E-state index contributed by atoms with van der Waals surface area (Å²) in [6.07, 6.45) is 0. The van der Waals surface area contributed by atoms with Crippen LogP contribution in [-0.4, -0.2) is 41.6 Å². The Morgan fingerprint density at radius 1 is 1.54 bits per heavy atom. The number of thioether (sulfide) groups is 1. The van der Waals surface area contributed by atoms with Gasteiger partial charge < -0.3 is 4.74 Å². The van der Waals surface area contributed by atoms with E-state index in [1.807, 2.05) is 6.92 Å². The van der Waals surface area contributed by atoms with E-state index in [1.54, 1.807) is 0 Å². The summed E-state index contributed by atoms with van der Waals surface area (Å²) >= 11 is 1.09. The number of nitrogens with zero attached hydrogens (tertiary/aromatic N) is 1. The van der Waals surface area contributed by atoms with Crippen LogP contribution >= 0.6 is 11.8 Å². The molecule has 72 valence electrons. The second kappa shape index (κ2) is 2.99. The predicted octanol–water partition coefficient (Wildman–Crippen LogP) is 0.718. The molecule has 0 aromatic carbocycles. The molecule has 2 heterocycles. The van der Waals surface area contributed by atoms with Gasteiger partial charge in [0.15, 0.2) is 0 Å². The van der Waals surface area contributed by atoms with E-state index in [9.17, 15) is 9.59 Å². The minimum absolute atomic E-state index is 0.00375. The number of imide groups is 1. The van der Waals surface area contributed by atoms with Crippen LogP contribution in [0.4, 0.5) is 4.79 Å². The summed E-state index contributed by atoms with van der Waals surface area (Å²) in [5.74, 6) is 0.235. The summed E-state index contributed by atoms with van der Waals surface area (Å²) in [5, 5.41) is -0.113. The Kier molecular flexibility index (Phi) is 2.08. The van der Waals surface area contributed by atoms with E-state index in [-0.39, 0.29) is 16.6 Å². The fourth-order valence-corrected chi connectivity index (χ4v) is 2.18. The molecule has 4 nitrogen and oxygen atoms in total. The molecular weight excluding hydrogens is 190 g/mol. The average Bonchev–Trinajstić information content (AvgIpc) is 2.33. The average molecular weight is 201 g/mol. The van der Waals surface area contributed by atoms with Crippen LogP contribution in [0.25, 0.3) is 0 Å². The van der Waals surface area contributed by atoms with Crippen LogP contribution in [0.1, 0.15) is 6.92 Å². The number of rotatable bonds is 2. The molecule has 2 rings (SSSR count). The molecule has 0 bridgehead atoms. The van der Waals surface area contributed by atoms with Crippen LogP contribution in [0.2, 0.25) is 0 Å². The van der Waals surface area contributed by atoms with Gasteiger partial charge in [0, 0.05) is 12.0 Å². The van der Waals surface area contributed by atoms with Gasteiger partial charge in [-0.25, -0.2) is 0 Å². The zero-order valence-corrected chi connectivity index (χ0v) is 8.23. The molecule has 2 saturated heterocycles. The molecule has 0 aromatic rings. The fraction of sp³-hybridized carbons (Fsp3) is 0.750. The first-order valence-corrected chi connectivity index (χ1v) is 5.14. The summed E-state index contributed by atoms with van der Waals surface area (Å²) in [6, 6.07) is 0. The maximum absolute atomic E-state index is 11.2. The van der Waals surface area contributed by atoms with Gasteiger partial charge in [-0.2, -0.15) is 0 Å². The monoisotopic (exact) mass is 201 g/mol. The van der Waals surface area contributed by atoms with Crippen molar-refractivity contribution in [2.24, 2.45) is 5.41 Å². The molecule has 2 amide bonds. The lowest BCUT2D eigenvalue weighted by Gasteiger charge is -2.39. The van der Waals surface area contributed by atoms with Crippen LogP contribution in [0.5, 0.6) is 0 Å². The van der Waals surface area contributed by atoms with Crippen molar-refractivity contribution in [1.82, 2.24) is 4.90 Å². The molecule has 13 heavy (non-hydrogen) atoms. The third kappa shape index (κ3) is 1.58.